The van der Waals surface area contributed by atoms with E-state index in [1.54, 1.807) is 18.2 Å². The Morgan fingerprint density at radius 2 is 1.79 bits per heavy atom. The number of carbonyl (C=O) groups is 1. The van der Waals surface area contributed by atoms with Gasteiger partial charge in [-0.1, -0.05) is 12.1 Å². The van der Waals surface area contributed by atoms with Crippen molar-refractivity contribution in [3.05, 3.63) is 54.3 Å². The molecule has 4 heterocycles. The molecule has 198 valence electrons. The van der Waals surface area contributed by atoms with E-state index in [2.05, 4.69) is 15.5 Å². The van der Waals surface area contributed by atoms with E-state index in [0.717, 1.165) is 43.6 Å². The smallest absolute Gasteiger partial charge is 0.319 e. The first kappa shape index (κ1) is 24.7. The molecule has 1 saturated carbocycles. The number of anilines is 2. The number of fused-ring (bicyclic) bond motifs is 3. The fraction of sp³-hybridized carbons (Fsp3) is 0.370. The van der Waals surface area contributed by atoms with Crippen LogP contribution in [0, 0.1) is 5.82 Å². The highest BCUT2D eigenvalue weighted by molar-refractivity contribution is 7.90. The van der Waals surface area contributed by atoms with Crippen molar-refractivity contribution in [3.8, 4) is 22.5 Å². The monoisotopic (exact) mass is 537 g/mol. The molecule has 4 fully saturated rings. The molecule has 9 nitrogen and oxygen atoms in total. The van der Waals surface area contributed by atoms with Crippen LogP contribution < -0.4 is 15.5 Å². The van der Waals surface area contributed by atoms with Crippen molar-refractivity contribution in [2.75, 3.05) is 29.6 Å². The van der Waals surface area contributed by atoms with Gasteiger partial charge in [0, 0.05) is 35.7 Å². The number of nitrogens with zero attached hydrogens (tertiary/aromatic N) is 3. The Labute approximate surface area is 220 Å². The molecule has 1 aliphatic carbocycles. The third kappa shape index (κ3) is 5.21. The maximum atomic E-state index is 14.3. The van der Waals surface area contributed by atoms with Gasteiger partial charge < -0.3 is 20.3 Å². The van der Waals surface area contributed by atoms with E-state index in [9.17, 15) is 17.6 Å². The number of hydrogen-bond acceptors (Lipinski definition) is 7. The van der Waals surface area contributed by atoms with Crippen molar-refractivity contribution >= 4 is 27.5 Å². The summed E-state index contributed by atoms with van der Waals surface area (Å²) in [6.07, 6.45) is 5.11. The number of piperidine rings is 1. The van der Waals surface area contributed by atoms with Gasteiger partial charge in [-0.05, 0) is 62.1 Å². The first-order chi connectivity index (χ1) is 18.2. The molecule has 2 atom stereocenters. The number of rotatable bonds is 6. The van der Waals surface area contributed by atoms with Crippen LogP contribution in [-0.4, -0.2) is 62.0 Å². The lowest BCUT2D eigenvalue weighted by atomic mass is 9.97. The normalized spacial score (nSPS) is 20.8. The maximum absolute atomic E-state index is 14.3. The Morgan fingerprint density at radius 3 is 2.42 bits per heavy atom. The number of amides is 2. The molecule has 2 aromatic carbocycles. The number of morpholine rings is 1. The summed E-state index contributed by atoms with van der Waals surface area (Å²) in [6.45, 7) is 1.21. The number of halogens is 1. The van der Waals surface area contributed by atoms with Crippen LogP contribution in [0.3, 0.4) is 0 Å². The molecule has 3 saturated heterocycles. The van der Waals surface area contributed by atoms with E-state index >= 15 is 0 Å². The van der Waals surface area contributed by atoms with Gasteiger partial charge in [0.15, 0.2) is 9.84 Å². The van der Waals surface area contributed by atoms with Crippen LogP contribution in [0.5, 0.6) is 0 Å². The summed E-state index contributed by atoms with van der Waals surface area (Å²) in [4.78, 5) is 23.8. The lowest BCUT2D eigenvalue weighted by molar-refractivity contribution is -0.0232. The number of sulfone groups is 1. The van der Waals surface area contributed by atoms with Crippen LogP contribution in [0.4, 0.5) is 20.8 Å². The van der Waals surface area contributed by atoms with Crippen LogP contribution in [0.1, 0.15) is 25.7 Å². The predicted octanol–water partition coefficient (Wildman–Crippen LogP) is 4.00. The molecule has 11 heteroatoms. The van der Waals surface area contributed by atoms with E-state index < -0.39 is 15.7 Å². The van der Waals surface area contributed by atoms with Crippen molar-refractivity contribution in [1.82, 2.24) is 15.3 Å². The lowest BCUT2D eigenvalue weighted by Crippen LogP contribution is -2.55. The van der Waals surface area contributed by atoms with Gasteiger partial charge in [0.05, 0.1) is 35.0 Å². The van der Waals surface area contributed by atoms with Gasteiger partial charge in [-0.3, -0.25) is 0 Å². The molecular weight excluding hydrogens is 509 g/mol. The summed E-state index contributed by atoms with van der Waals surface area (Å²) in [5.74, 6) is -0.107. The number of aromatic nitrogens is 2. The van der Waals surface area contributed by atoms with Gasteiger partial charge in [-0.2, -0.15) is 0 Å². The van der Waals surface area contributed by atoms with Gasteiger partial charge in [-0.15, -0.1) is 0 Å². The molecule has 3 aromatic rings. The fourth-order valence-corrected chi connectivity index (χ4v) is 5.85. The summed E-state index contributed by atoms with van der Waals surface area (Å²) < 4.78 is 45.3. The number of hydrogen-bond donors (Lipinski definition) is 2. The average molecular weight is 538 g/mol. The fourth-order valence-electron chi connectivity index (χ4n) is 4.97. The standard InChI is InChI=1S/C27H28FN5O4S/c1-38(35,36)25-11-4-17(28)12-22(25)24-13-23(31-26(32-24)33-14-21-10-9-20(33)15-37-21)16-2-5-18(6-3-16)29-27(34)30-19-7-8-19/h2-6,11-13,19-21H,7-10,14-15H2,1H3,(H2,29,30,34). The minimum Gasteiger partial charge on any atom is -0.374 e. The van der Waals surface area contributed by atoms with Crippen LogP contribution in [-0.2, 0) is 14.6 Å². The van der Waals surface area contributed by atoms with Crippen LogP contribution in [0.2, 0.25) is 0 Å². The summed E-state index contributed by atoms with van der Waals surface area (Å²) in [5, 5.41) is 5.71. The summed E-state index contributed by atoms with van der Waals surface area (Å²) in [7, 11) is -3.65. The van der Waals surface area contributed by atoms with E-state index in [-0.39, 0.29) is 34.7 Å². The molecule has 2 N–H and O–H groups in total. The van der Waals surface area contributed by atoms with Gasteiger partial charge in [0.25, 0.3) is 0 Å². The SMILES string of the molecule is CS(=O)(=O)c1ccc(F)cc1-c1cc(-c2ccc(NC(=O)NC3CC3)cc2)nc(N2CC3CCC2CO3)n1. The Morgan fingerprint density at radius 1 is 1.03 bits per heavy atom. The van der Waals surface area contributed by atoms with Crippen molar-refractivity contribution in [2.45, 2.75) is 48.8 Å². The second-order valence-corrected chi connectivity index (χ2v) is 12.1. The minimum atomic E-state index is -3.65. The van der Waals surface area contributed by atoms with E-state index in [1.807, 2.05) is 12.1 Å². The first-order valence-corrected chi connectivity index (χ1v) is 14.6. The second-order valence-electron chi connectivity index (χ2n) is 10.1. The zero-order valence-electron chi connectivity index (χ0n) is 20.9. The molecule has 2 bridgehead atoms. The number of nitrogens with one attached hydrogen (secondary N) is 2. The highest BCUT2D eigenvalue weighted by Gasteiger charge is 2.36. The predicted molar refractivity (Wildman–Crippen MR) is 141 cm³/mol. The van der Waals surface area contributed by atoms with Gasteiger partial charge >= 0.3 is 6.03 Å². The molecule has 0 spiro atoms. The van der Waals surface area contributed by atoms with Crippen molar-refractivity contribution in [1.29, 1.82) is 0 Å². The lowest BCUT2D eigenvalue weighted by Gasteiger charge is -2.45. The van der Waals surface area contributed by atoms with Gasteiger partial charge in [0.2, 0.25) is 5.95 Å². The quantitative estimate of drug-likeness (QED) is 0.457. The van der Waals surface area contributed by atoms with Gasteiger partial charge in [0.1, 0.15) is 5.82 Å². The summed E-state index contributed by atoms with van der Waals surface area (Å²) in [5.41, 5.74) is 2.45. The molecule has 3 aliphatic heterocycles. The Kier molecular flexibility index (Phi) is 6.27. The molecule has 4 aliphatic rings. The molecule has 7 rings (SSSR count). The first-order valence-electron chi connectivity index (χ1n) is 12.7. The third-order valence-electron chi connectivity index (χ3n) is 7.13. The molecule has 1 aromatic heterocycles. The maximum Gasteiger partial charge on any atom is 0.319 e. The van der Waals surface area contributed by atoms with E-state index in [4.69, 9.17) is 14.7 Å². The van der Waals surface area contributed by atoms with Crippen LogP contribution in [0.25, 0.3) is 22.5 Å². The molecule has 2 amide bonds. The van der Waals surface area contributed by atoms with Crippen LogP contribution in [0.15, 0.2) is 53.4 Å². The van der Waals surface area contributed by atoms with Crippen molar-refractivity contribution in [3.63, 3.8) is 0 Å². The topological polar surface area (TPSA) is 114 Å². The molecule has 38 heavy (non-hydrogen) atoms. The number of urea groups is 1. The van der Waals surface area contributed by atoms with Crippen molar-refractivity contribution < 1.29 is 22.3 Å². The number of benzene rings is 2. The summed E-state index contributed by atoms with van der Waals surface area (Å²) in [6, 6.07) is 12.6. The highest BCUT2D eigenvalue weighted by Crippen LogP contribution is 2.35. The van der Waals surface area contributed by atoms with Crippen LogP contribution >= 0.6 is 0 Å². The highest BCUT2D eigenvalue weighted by atomic mass is 32.2. The summed E-state index contributed by atoms with van der Waals surface area (Å²) >= 11 is 0. The minimum absolute atomic E-state index is 0.000721. The number of carbonyl (C=O) groups excluding carboxylic acids is 1. The molecular formula is C27H28FN5O4S. The molecule has 0 radical (unpaired) electrons. The van der Waals surface area contributed by atoms with Gasteiger partial charge in [-0.25, -0.2) is 27.6 Å². The largest absolute Gasteiger partial charge is 0.374 e. The zero-order valence-corrected chi connectivity index (χ0v) is 21.7. The Bertz CT molecular complexity index is 1490. The van der Waals surface area contributed by atoms with E-state index in [0.29, 0.717) is 36.2 Å². The zero-order chi connectivity index (χ0) is 26.4. The average Bonchev–Trinajstić information content (AvgIpc) is 3.72. The molecule has 2 unspecified atom stereocenters. The van der Waals surface area contributed by atoms with E-state index in [1.165, 1.54) is 12.1 Å². The second kappa shape index (κ2) is 9.63. The Hall–Kier alpha value is -3.57. The number of ether oxygens (including phenoxy) is 1. The third-order valence-corrected chi connectivity index (χ3v) is 8.28. The Balaban J connectivity index is 1.40. The van der Waals surface area contributed by atoms with Crippen molar-refractivity contribution in [2.24, 2.45) is 0 Å².